The summed E-state index contributed by atoms with van der Waals surface area (Å²) < 4.78 is 13.5. The van der Waals surface area contributed by atoms with Crippen LogP contribution in [0.25, 0.3) is 5.76 Å². The first-order valence-electron chi connectivity index (χ1n) is 11.0. The summed E-state index contributed by atoms with van der Waals surface area (Å²) in [6.07, 6.45) is 6.65. The van der Waals surface area contributed by atoms with Gasteiger partial charge in [-0.2, -0.15) is 0 Å². The van der Waals surface area contributed by atoms with Crippen molar-refractivity contribution in [3.05, 3.63) is 77.3 Å². The van der Waals surface area contributed by atoms with Gasteiger partial charge in [-0.15, -0.1) is 0 Å². The first-order chi connectivity index (χ1) is 15.9. The lowest BCUT2D eigenvalue weighted by atomic mass is 9.97. The van der Waals surface area contributed by atoms with Gasteiger partial charge in [-0.3, -0.25) is 9.59 Å². The largest absolute Gasteiger partial charge is 0.507 e. The Labute approximate surface area is 191 Å². The van der Waals surface area contributed by atoms with Crippen LogP contribution in [0.2, 0.25) is 0 Å². The molecule has 2 unspecified atom stereocenters. The molecule has 33 heavy (non-hydrogen) atoms. The Morgan fingerprint density at radius 3 is 2.79 bits per heavy atom. The molecule has 170 valence electrons. The van der Waals surface area contributed by atoms with E-state index < -0.39 is 17.7 Å². The fraction of sp³-hybridized carbons (Fsp3) is 0.320. The van der Waals surface area contributed by atoms with E-state index in [1.807, 2.05) is 23.8 Å². The number of carbonyl (C=O) groups is 2. The number of hydrogen-bond acceptors (Lipinski definition) is 6. The number of amides is 1. The molecular formula is C25H25N3O5. The van der Waals surface area contributed by atoms with Gasteiger partial charge in [-0.25, -0.2) is 4.98 Å². The standard InChI is InChI=1S/C25H25N3O5/c1-15-4-6-20(32-15)22-21(23(29)17-5-7-19-18(13-17)12-16(2)33-19)24(30)25(31)28(22)10-3-9-27-11-8-26-14-27/h4-8,11,13-14,16,22,29H,3,9-10,12H2,1-2H3. The van der Waals surface area contributed by atoms with E-state index in [1.165, 1.54) is 4.90 Å². The van der Waals surface area contributed by atoms with Crippen molar-refractivity contribution in [1.29, 1.82) is 0 Å². The van der Waals surface area contributed by atoms with Crippen molar-refractivity contribution in [2.75, 3.05) is 6.54 Å². The molecule has 2 aliphatic rings. The van der Waals surface area contributed by atoms with Crippen LogP contribution >= 0.6 is 0 Å². The number of carbonyl (C=O) groups excluding carboxylic acids is 2. The van der Waals surface area contributed by atoms with Crippen LogP contribution in [0.1, 0.15) is 42.0 Å². The normalized spacial score (nSPS) is 21.5. The van der Waals surface area contributed by atoms with Crippen molar-refractivity contribution in [2.24, 2.45) is 0 Å². The molecule has 3 aromatic rings. The lowest BCUT2D eigenvalue weighted by Crippen LogP contribution is -2.31. The maximum atomic E-state index is 13.1. The Kier molecular flexibility index (Phi) is 5.28. The van der Waals surface area contributed by atoms with Gasteiger partial charge in [-0.1, -0.05) is 0 Å². The SMILES string of the molecule is Cc1ccc(C2C(=C(O)c3ccc4c(c3)CC(C)O4)C(=O)C(=O)N2CCCn2ccnc2)o1. The smallest absolute Gasteiger partial charge is 0.295 e. The van der Waals surface area contributed by atoms with Crippen LogP contribution < -0.4 is 4.74 Å². The van der Waals surface area contributed by atoms with E-state index in [-0.39, 0.29) is 17.4 Å². The summed E-state index contributed by atoms with van der Waals surface area (Å²) in [7, 11) is 0. The Morgan fingerprint density at radius 2 is 2.06 bits per heavy atom. The molecule has 0 spiro atoms. The maximum Gasteiger partial charge on any atom is 0.295 e. The topological polar surface area (TPSA) is 97.8 Å². The average molecular weight is 447 g/mol. The predicted octanol–water partition coefficient (Wildman–Crippen LogP) is 3.62. The van der Waals surface area contributed by atoms with Crippen LogP contribution in [0.3, 0.4) is 0 Å². The monoisotopic (exact) mass is 447 g/mol. The van der Waals surface area contributed by atoms with Crippen molar-refractivity contribution >= 4 is 17.4 Å². The Morgan fingerprint density at radius 1 is 1.21 bits per heavy atom. The number of furan rings is 1. The lowest BCUT2D eigenvalue weighted by molar-refractivity contribution is -0.140. The summed E-state index contributed by atoms with van der Waals surface area (Å²) in [6, 6.07) is 8.08. The van der Waals surface area contributed by atoms with Gasteiger partial charge in [0.25, 0.3) is 11.7 Å². The molecule has 5 rings (SSSR count). The highest BCUT2D eigenvalue weighted by Crippen LogP contribution is 2.41. The molecule has 1 fully saturated rings. The summed E-state index contributed by atoms with van der Waals surface area (Å²) in [5.74, 6) is 0.342. The number of ketones is 1. The zero-order chi connectivity index (χ0) is 23.1. The van der Waals surface area contributed by atoms with E-state index in [2.05, 4.69) is 4.98 Å². The molecule has 1 saturated heterocycles. The summed E-state index contributed by atoms with van der Waals surface area (Å²) >= 11 is 0. The van der Waals surface area contributed by atoms with Crippen LogP contribution in [0.4, 0.5) is 0 Å². The number of Topliss-reactive ketones (excluding diaryl/α,β-unsaturated/α-hetero) is 1. The van der Waals surface area contributed by atoms with Gasteiger partial charge in [0.15, 0.2) is 0 Å². The molecule has 2 aromatic heterocycles. The van der Waals surface area contributed by atoms with E-state index in [1.54, 1.807) is 43.7 Å². The molecule has 8 heteroatoms. The third-order valence-corrected chi connectivity index (χ3v) is 6.11. The van der Waals surface area contributed by atoms with Crippen molar-refractivity contribution < 1.29 is 23.8 Å². The molecule has 4 heterocycles. The molecule has 8 nitrogen and oxygen atoms in total. The number of aromatic nitrogens is 2. The summed E-state index contributed by atoms with van der Waals surface area (Å²) in [6.45, 7) is 4.76. The third-order valence-electron chi connectivity index (χ3n) is 6.11. The molecular weight excluding hydrogens is 422 g/mol. The van der Waals surface area contributed by atoms with E-state index in [9.17, 15) is 14.7 Å². The van der Waals surface area contributed by atoms with Gasteiger partial charge in [0.1, 0.15) is 35.2 Å². The van der Waals surface area contributed by atoms with Crippen molar-refractivity contribution in [3.63, 3.8) is 0 Å². The number of nitrogens with zero attached hydrogens (tertiary/aromatic N) is 3. The summed E-state index contributed by atoms with van der Waals surface area (Å²) in [5.41, 5.74) is 1.49. The zero-order valence-corrected chi connectivity index (χ0v) is 18.5. The minimum atomic E-state index is -0.787. The van der Waals surface area contributed by atoms with Crippen LogP contribution in [0, 0.1) is 6.92 Å². The molecule has 1 N–H and O–H groups in total. The first-order valence-corrected chi connectivity index (χ1v) is 11.0. The molecule has 1 amide bonds. The second-order valence-corrected chi connectivity index (χ2v) is 8.55. The number of aryl methyl sites for hydroxylation is 2. The third kappa shape index (κ3) is 3.82. The molecule has 0 bridgehead atoms. The van der Waals surface area contributed by atoms with Crippen LogP contribution in [0.5, 0.6) is 5.75 Å². The van der Waals surface area contributed by atoms with E-state index in [4.69, 9.17) is 9.15 Å². The Balaban J connectivity index is 1.51. The average Bonchev–Trinajstić information content (AvgIpc) is 3.57. The minimum absolute atomic E-state index is 0.0453. The fourth-order valence-electron chi connectivity index (χ4n) is 4.57. The Hall–Kier alpha value is -3.81. The predicted molar refractivity (Wildman–Crippen MR) is 120 cm³/mol. The van der Waals surface area contributed by atoms with Crippen molar-refractivity contribution in [3.8, 4) is 5.75 Å². The quantitative estimate of drug-likeness (QED) is 0.352. The van der Waals surface area contributed by atoms with E-state index >= 15 is 0 Å². The number of aliphatic hydroxyl groups is 1. The second kappa shape index (κ2) is 8.27. The van der Waals surface area contributed by atoms with Gasteiger partial charge < -0.3 is 23.7 Å². The van der Waals surface area contributed by atoms with Crippen LogP contribution in [0.15, 0.2) is 59.0 Å². The molecule has 0 saturated carbocycles. The summed E-state index contributed by atoms with van der Waals surface area (Å²) in [4.78, 5) is 31.6. The fourth-order valence-corrected chi connectivity index (χ4v) is 4.57. The van der Waals surface area contributed by atoms with Gasteiger partial charge in [0.05, 0.1) is 11.9 Å². The number of aliphatic hydroxyl groups excluding tert-OH is 1. The van der Waals surface area contributed by atoms with Gasteiger partial charge in [0, 0.05) is 37.5 Å². The molecule has 2 aliphatic heterocycles. The number of fused-ring (bicyclic) bond motifs is 1. The number of imidazole rings is 1. The minimum Gasteiger partial charge on any atom is -0.507 e. The van der Waals surface area contributed by atoms with E-state index in [0.29, 0.717) is 36.6 Å². The zero-order valence-electron chi connectivity index (χ0n) is 18.5. The first kappa shape index (κ1) is 21.1. The number of hydrogen-bond donors (Lipinski definition) is 1. The highest BCUT2D eigenvalue weighted by molar-refractivity contribution is 6.46. The van der Waals surface area contributed by atoms with Gasteiger partial charge >= 0.3 is 0 Å². The molecule has 0 aliphatic carbocycles. The maximum absolute atomic E-state index is 13.1. The molecule has 2 atom stereocenters. The van der Waals surface area contributed by atoms with Gasteiger partial charge in [-0.05, 0) is 56.2 Å². The van der Waals surface area contributed by atoms with Crippen molar-refractivity contribution in [1.82, 2.24) is 14.5 Å². The number of benzene rings is 1. The number of rotatable bonds is 6. The number of ether oxygens (including phenoxy) is 1. The molecule has 1 aromatic carbocycles. The lowest BCUT2D eigenvalue weighted by Gasteiger charge is -2.23. The second-order valence-electron chi connectivity index (χ2n) is 8.55. The van der Waals surface area contributed by atoms with Crippen LogP contribution in [-0.4, -0.2) is 43.9 Å². The number of likely N-dealkylation sites (tertiary alicyclic amines) is 1. The highest BCUT2D eigenvalue weighted by Gasteiger charge is 2.47. The van der Waals surface area contributed by atoms with Crippen LogP contribution in [-0.2, 0) is 22.6 Å². The van der Waals surface area contributed by atoms with Gasteiger partial charge in [0.2, 0.25) is 0 Å². The van der Waals surface area contributed by atoms with E-state index in [0.717, 1.165) is 17.7 Å². The Bertz CT molecular complexity index is 1240. The summed E-state index contributed by atoms with van der Waals surface area (Å²) in [5, 5.41) is 11.2. The molecule has 0 radical (unpaired) electrons. The van der Waals surface area contributed by atoms with Crippen molar-refractivity contribution in [2.45, 2.75) is 45.4 Å². The highest BCUT2D eigenvalue weighted by atomic mass is 16.5.